The fourth-order valence-corrected chi connectivity index (χ4v) is 2.49. The number of amides is 1. The van der Waals surface area contributed by atoms with E-state index in [0.717, 1.165) is 0 Å². The Labute approximate surface area is 149 Å². The lowest BCUT2D eigenvalue weighted by Gasteiger charge is -2.10. The van der Waals surface area contributed by atoms with Gasteiger partial charge in [-0.15, -0.1) is 0 Å². The molecule has 0 aliphatic rings. The molecule has 3 rings (SSSR count). The number of rotatable bonds is 6. The topological polar surface area (TPSA) is 73.2 Å². The van der Waals surface area contributed by atoms with Gasteiger partial charge in [-0.1, -0.05) is 23.7 Å². The third kappa shape index (κ3) is 4.36. The molecule has 1 aromatic heterocycles. The monoisotopic (exact) mass is 357 g/mol. The average molecular weight is 358 g/mol. The number of carbonyl (C=O) groups excluding carboxylic acids is 1. The fourth-order valence-electron chi connectivity index (χ4n) is 2.37. The van der Waals surface area contributed by atoms with E-state index in [0.29, 0.717) is 35.0 Å². The minimum Gasteiger partial charge on any atom is -0.492 e. The highest BCUT2D eigenvalue weighted by Gasteiger charge is 2.08. The number of aromatic nitrogens is 2. The highest BCUT2D eigenvalue weighted by atomic mass is 35.5. The molecule has 6 nitrogen and oxygen atoms in total. The number of benzene rings is 2. The van der Waals surface area contributed by atoms with Crippen LogP contribution in [0.2, 0.25) is 5.02 Å². The van der Waals surface area contributed by atoms with Crippen molar-refractivity contribution in [3.05, 3.63) is 70.1 Å². The van der Waals surface area contributed by atoms with Crippen molar-refractivity contribution in [2.45, 2.75) is 6.54 Å². The first kappa shape index (κ1) is 17.0. The molecule has 0 saturated heterocycles. The molecule has 1 amide bonds. The molecular weight excluding hydrogens is 342 g/mol. The molecule has 3 aromatic rings. The minimum atomic E-state index is -0.314. The summed E-state index contributed by atoms with van der Waals surface area (Å²) in [6, 6.07) is 14.2. The fraction of sp³-hybridized carbons (Fsp3) is 0.167. The summed E-state index contributed by atoms with van der Waals surface area (Å²) in [7, 11) is 0. The van der Waals surface area contributed by atoms with Crippen LogP contribution in [0.1, 0.15) is 0 Å². The Kier molecular flexibility index (Phi) is 5.30. The van der Waals surface area contributed by atoms with Crippen molar-refractivity contribution < 1.29 is 9.53 Å². The predicted octanol–water partition coefficient (Wildman–Crippen LogP) is 2.25. The van der Waals surface area contributed by atoms with Gasteiger partial charge in [0.05, 0.1) is 23.8 Å². The SMILES string of the molecule is O=C(Cn1c(=O)cnc2ccccc21)NCCOc1ccc(Cl)cc1. The van der Waals surface area contributed by atoms with Gasteiger partial charge in [0, 0.05) is 5.02 Å². The number of nitrogens with zero attached hydrogens (tertiary/aromatic N) is 2. The number of hydrogen-bond donors (Lipinski definition) is 1. The molecule has 0 aliphatic heterocycles. The third-order valence-corrected chi connectivity index (χ3v) is 3.81. The maximum Gasteiger partial charge on any atom is 0.269 e. The van der Waals surface area contributed by atoms with Gasteiger partial charge in [-0.3, -0.25) is 14.2 Å². The zero-order valence-electron chi connectivity index (χ0n) is 13.3. The number of halogens is 1. The van der Waals surface area contributed by atoms with Gasteiger partial charge in [0.25, 0.3) is 5.56 Å². The molecule has 0 bridgehead atoms. The Balaban J connectivity index is 1.55. The molecule has 1 N–H and O–H groups in total. The number of nitrogens with one attached hydrogen (secondary N) is 1. The van der Waals surface area contributed by atoms with E-state index >= 15 is 0 Å². The van der Waals surface area contributed by atoms with Gasteiger partial charge in [-0.05, 0) is 36.4 Å². The zero-order chi connectivity index (χ0) is 17.6. The van der Waals surface area contributed by atoms with Crippen LogP contribution in [0.25, 0.3) is 11.0 Å². The molecule has 0 spiro atoms. The second kappa shape index (κ2) is 7.81. The van der Waals surface area contributed by atoms with E-state index in [1.54, 1.807) is 42.5 Å². The first-order chi connectivity index (χ1) is 12.1. The number of carbonyl (C=O) groups is 1. The van der Waals surface area contributed by atoms with Crippen LogP contribution in [0.15, 0.2) is 59.5 Å². The lowest BCUT2D eigenvalue weighted by Crippen LogP contribution is -2.34. The van der Waals surface area contributed by atoms with Crippen LogP contribution in [0.5, 0.6) is 5.75 Å². The number of ether oxygens (including phenoxy) is 1. The summed E-state index contributed by atoms with van der Waals surface area (Å²) in [5.74, 6) is 0.410. The first-order valence-corrected chi connectivity index (χ1v) is 8.11. The van der Waals surface area contributed by atoms with Crippen molar-refractivity contribution in [2.75, 3.05) is 13.2 Å². The van der Waals surface area contributed by atoms with Gasteiger partial charge in [-0.2, -0.15) is 0 Å². The molecule has 0 saturated carbocycles. The molecule has 1 heterocycles. The highest BCUT2D eigenvalue weighted by molar-refractivity contribution is 6.30. The van der Waals surface area contributed by atoms with Crippen LogP contribution in [0.3, 0.4) is 0 Å². The lowest BCUT2D eigenvalue weighted by molar-refractivity contribution is -0.121. The average Bonchev–Trinajstić information content (AvgIpc) is 2.63. The standard InChI is InChI=1S/C18H16ClN3O3/c19-13-5-7-14(8-6-13)25-10-9-20-17(23)12-22-16-4-2-1-3-15(16)21-11-18(22)24/h1-8,11H,9-10,12H2,(H,20,23). The summed E-state index contributed by atoms with van der Waals surface area (Å²) in [4.78, 5) is 28.2. The minimum absolute atomic E-state index is 0.0667. The molecule has 0 fully saturated rings. The summed E-state index contributed by atoms with van der Waals surface area (Å²) in [6.07, 6.45) is 1.22. The van der Waals surface area contributed by atoms with Gasteiger partial charge in [0.1, 0.15) is 18.9 Å². The van der Waals surface area contributed by atoms with E-state index in [2.05, 4.69) is 10.3 Å². The largest absolute Gasteiger partial charge is 0.492 e. The zero-order valence-corrected chi connectivity index (χ0v) is 14.1. The van der Waals surface area contributed by atoms with Crippen LogP contribution in [-0.2, 0) is 11.3 Å². The van der Waals surface area contributed by atoms with E-state index in [9.17, 15) is 9.59 Å². The summed E-state index contributed by atoms with van der Waals surface area (Å²) < 4.78 is 6.90. The van der Waals surface area contributed by atoms with Gasteiger partial charge < -0.3 is 10.1 Å². The molecule has 25 heavy (non-hydrogen) atoms. The molecule has 0 unspecified atom stereocenters. The predicted molar refractivity (Wildman–Crippen MR) is 96.0 cm³/mol. The highest BCUT2D eigenvalue weighted by Crippen LogP contribution is 2.15. The Morgan fingerprint density at radius 3 is 2.72 bits per heavy atom. The third-order valence-electron chi connectivity index (χ3n) is 3.56. The summed E-state index contributed by atoms with van der Waals surface area (Å²) in [5.41, 5.74) is 0.981. The second-order valence-electron chi connectivity index (χ2n) is 5.32. The summed E-state index contributed by atoms with van der Waals surface area (Å²) in [5, 5.41) is 3.37. The molecule has 2 aromatic carbocycles. The maximum absolute atomic E-state index is 12.1. The van der Waals surface area contributed by atoms with Crippen LogP contribution in [0.4, 0.5) is 0 Å². The van der Waals surface area contributed by atoms with Crippen molar-refractivity contribution in [1.29, 1.82) is 0 Å². The van der Waals surface area contributed by atoms with Crippen LogP contribution < -0.4 is 15.6 Å². The molecule has 0 radical (unpaired) electrons. The quantitative estimate of drug-likeness (QED) is 0.687. The number of hydrogen-bond acceptors (Lipinski definition) is 4. The maximum atomic E-state index is 12.1. The first-order valence-electron chi connectivity index (χ1n) is 7.73. The van der Waals surface area contributed by atoms with Crippen LogP contribution >= 0.6 is 11.6 Å². The lowest BCUT2D eigenvalue weighted by atomic mass is 10.3. The molecule has 7 heteroatoms. The van der Waals surface area contributed by atoms with Crippen molar-refractivity contribution in [1.82, 2.24) is 14.9 Å². The van der Waals surface area contributed by atoms with E-state index in [1.165, 1.54) is 10.8 Å². The van der Waals surface area contributed by atoms with E-state index in [1.807, 2.05) is 6.07 Å². The van der Waals surface area contributed by atoms with Gasteiger partial charge in [0.15, 0.2) is 0 Å². The van der Waals surface area contributed by atoms with Gasteiger partial charge >= 0.3 is 0 Å². The molecule has 0 aliphatic carbocycles. The van der Waals surface area contributed by atoms with Crippen molar-refractivity contribution >= 4 is 28.5 Å². The summed E-state index contributed by atoms with van der Waals surface area (Å²) >= 11 is 5.80. The Morgan fingerprint density at radius 1 is 1.16 bits per heavy atom. The van der Waals surface area contributed by atoms with Crippen LogP contribution in [0, 0.1) is 0 Å². The Morgan fingerprint density at radius 2 is 1.92 bits per heavy atom. The Bertz CT molecular complexity index is 938. The summed E-state index contributed by atoms with van der Waals surface area (Å²) in [6.45, 7) is 0.585. The van der Waals surface area contributed by atoms with Gasteiger partial charge in [0.2, 0.25) is 5.91 Å². The molecule has 128 valence electrons. The van der Waals surface area contributed by atoms with Crippen molar-refractivity contribution in [3.8, 4) is 5.75 Å². The Hall–Kier alpha value is -2.86. The van der Waals surface area contributed by atoms with Gasteiger partial charge in [-0.25, -0.2) is 4.98 Å². The van der Waals surface area contributed by atoms with Crippen LogP contribution in [-0.4, -0.2) is 28.6 Å². The number of para-hydroxylation sites is 2. The van der Waals surface area contributed by atoms with Crippen molar-refractivity contribution in [2.24, 2.45) is 0 Å². The molecule has 0 atom stereocenters. The second-order valence-corrected chi connectivity index (χ2v) is 5.76. The van der Waals surface area contributed by atoms with E-state index < -0.39 is 0 Å². The number of fused-ring (bicyclic) bond motifs is 1. The van der Waals surface area contributed by atoms with E-state index in [-0.39, 0.29) is 18.0 Å². The van der Waals surface area contributed by atoms with E-state index in [4.69, 9.17) is 16.3 Å². The smallest absolute Gasteiger partial charge is 0.269 e. The molecular formula is C18H16ClN3O3. The normalized spacial score (nSPS) is 10.6. The van der Waals surface area contributed by atoms with Crippen molar-refractivity contribution in [3.63, 3.8) is 0 Å².